The van der Waals surface area contributed by atoms with Crippen molar-refractivity contribution in [2.24, 2.45) is 0 Å². The van der Waals surface area contributed by atoms with Crippen LogP contribution in [-0.4, -0.2) is 60.4 Å². The van der Waals surface area contributed by atoms with Gasteiger partial charge in [0.1, 0.15) is 11.3 Å². The van der Waals surface area contributed by atoms with E-state index < -0.39 is 35.8 Å². The van der Waals surface area contributed by atoms with Crippen molar-refractivity contribution in [3.8, 4) is 0 Å². The van der Waals surface area contributed by atoms with Crippen molar-refractivity contribution in [2.45, 2.75) is 30.9 Å². The number of ether oxygens (including phenoxy) is 1. The minimum absolute atomic E-state index is 0.169. The second kappa shape index (κ2) is 10.3. The molecule has 2 fully saturated rings. The molecule has 3 unspecified atom stereocenters. The number of likely N-dealkylation sites (N-methyl/N-ethyl adjacent to an activating group) is 1. The van der Waals surface area contributed by atoms with E-state index in [9.17, 15) is 23.6 Å². The summed E-state index contributed by atoms with van der Waals surface area (Å²) in [5.41, 5.74) is 0.160. The number of hydrogen-bond acceptors (Lipinski definition) is 8. The number of urea groups is 2. The highest BCUT2D eigenvalue weighted by molar-refractivity contribution is 7.98. The Balaban J connectivity index is 1.37. The summed E-state index contributed by atoms with van der Waals surface area (Å²) in [4.78, 5) is 48.0. The summed E-state index contributed by atoms with van der Waals surface area (Å²) in [6.07, 6.45) is -2.29. The van der Waals surface area contributed by atoms with E-state index in [1.54, 1.807) is 12.1 Å². The van der Waals surface area contributed by atoms with Gasteiger partial charge >= 0.3 is 18.2 Å². The van der Waals surface area contributed by atoms with Crippen molar-refractivity contribution in [1.29, 1.82) is 0 Å². The van der Waals surface area contributed by atoms with Crippen LogP contribution in [0.1, 0.15) is 12.0 Å². The first-order chi connectivity index (χ1) is 14.8. The SMILES string of the molecule is CN(CC1NSC(NC(=O)NCc2cccc(F)c2)N1)C(=O)OC1CC(=O)NC(=O)N1. The Labute approximate surface area is 181 Å². The highest BCUT2D eigenvalue weighted by Crippen LogP contribution is 2.12. The number of imide groups is 1. The Morgan fingerprint density at radius 3 is 2.90 bits per heavy atom. The summed E-state index contributed by atoms with van der Waals surface area (Å²) in [7, 11) is 1.49. The molecule has 12 nitrogen and oxygen atoms in total. The maximum absolute atomic E-state index is 13.2. The quantitative estimate of drug-likeness (QED) is 0.320. The molecule has 3 atom stereocenters. The number of nitrogens with one attached hydrogen (secondary N) is 6. The van der Waals surface area contributed by atoms with E-state index in [2.05, 4.69) is 26.0 Å². The van der Waals surface area contributed by atoms with Crippen LogP contribution in [0.25, 0.3) is 0 Å². The van der Waals surface area contributed by atoms with Crippen LogP contribution in [0, 0.1) is 5.82 Å². The van der Waals surface area contributed by atoms with Gasteiger partial charge in [0, 0.05) is 13.6 Å². The zero-order valence-corrected chi connectivity index (χ0v) is 17.3. The van der Waals surface area contributed by atoms with E-state index in [0.29, 0.717) is 5.56 Å². The minimum Gasteiger partial charge on any atom is -0.425 e. The Morgan fingerprint density at radius 2 is 2.16 bits per heavy atom. The van der Waals surface area contributed by atoms with E-state index in [-0.39, 0.29) is 31.5 Å². The number of carbonyl (C=O) groups is 4. The molecule has 0 bridgehead atoms. The van der Waals surface area contributed by atoms with E-state index in [1.165, 1.54) is 36.0 Å². The maximum atomic E-state index is 13.2. The molecule has 2 aliphatic heterocycles. The molecule has 6 amide bonds. The molecule has 0 aliphatic carbocycles. The van der Waals surface area contributed by atoms with Gasteiger partial charge in [-0.15, -0.1) is 0 Å². The number of benzene rings is 1. The number of rotatable bonds is 6. The maximum Gasteiger partial charge on any atom is 0.411 e. The fourth-order valence-electron chi connectivity index (χ4n) is 2.77. The highest BCUT2D eigenvalue weighted by atomic mass is 32.2. The number of nitrogens with zero attached hydrogens (tertiary/aromatic N) is 1. The van der Waals surface area contributed by atoms with Gasteiger partial charge < -0.3 is 25.6 Å². The molecule has 0 saturated carbocycles. The average Bonchev–Trinajstić information content (AvgIpc) is 3.12. The van der Waals surface area contributed by atoms with Gasteiger partial charge in [0.2, 0.25) is 5.91 Å². The van der Waals surface area contributed by atoms with Gasteiger partial charge in [-0.2, -0.15) is 0 Å². The molecular formula is C17H22FN7O5S. The van der Waals surface area contributed by atoms with Gasteiger partial charge in [-0.05, 0) is 29.6 Å². The van der Waals surface area contributed by atoms with Crippen LogP contribution in [-0.2, 0) is 16.1 Å². The molecule has 2 saturated heterocycles. The fourth-order valence-corrected chi connectivity index (χ4v) is 3.61. The highest BCUT2D eigenvalue weighted by Gasteiger charge is 2.30. The third-order valence-corrected chi connectivity index (χ3v) is 5.12. The average molecular weight is 455 g/mol. The van der Waals surface area contributed by atoms with Crippen molar-refractivity contribution in [3.05, 3.63) is 35.6 Å². The van der Waals surface area contributed by atoms with Crippen molar-refractivity contribution < 1.29 is 28.3 Å². The van der Waals surface area contributed by atoms with Crippen LogP contribution < -0.4 is 31.3 Å². The lowest BCUT2D eigenvalue weighted by Gasteiger charge is -2.26. The number of halogens is 1. The molecule has 2 aliphatic rings. The molecular weight excluding hydrogens is 433 g/mol. The number of hydrogen-bond donors (Lipinski definition) is 6. The van der Waals surface area contributed by atoms with Crippen LogP contribution >= 0.6 is 11.9 Å². The summed E-state index contributed by atoms with van der Waals surface area (Å²) >= 11 is 1.21. The third-order valence-electron chi connectivity index (χ3n) is 4.21. The summed E-state index contributed by atoms with van der Waals surface area (Å²) < 4.78 is 21.3. The lowest BCUT2D eigenvalue weighted by atomic mass is 10.2. The Bertz CT molecular complexity index is 844. The van der Waals surface area contributed by atoms with Crippen LogP contribution in [0.2, 0.25) is 0 Å². The van der Waals surface area contributed by atoms with Crippen LogP contribution in [0.5, 0.6) is 0 Å². The van der Waals surface area contributed by atoms with Gasteiger partial charge in [0.05, 0.1) is 19.1 Å². The Hall–Kier alpha value is -3.10. The lowest BCUT2D eigenvalue weighted by Crippen LogP contribution is -2.55. The molecule has 168 valence electrons. The Morgan fingerprint density at radius 1 is 1.35 bits per heavy atom. The first-order valence-electron chi connectivity index (χ1n) is 9.26. The molecule has 0 radical (unpaired) electrons. The molecule has 0 aromatic heterocycles. The summed E-state index contributed by atoms with van der Waals surface area (Å²) in [5.74, 6) is -0.916. The largest absolute Gasteiger partial charge is 0.425 e. The van der Waals surface area contributed by atoms with Gasteiger partial charge in [-0.25, -0.2) is 23.5 Å². The minimum atomic E-state index is -1.04. The van der Waals surface area contributed by atoms with Crippen molar-refractivity contribution in [1.82, 2.24) is 36.2 Å². The summed E-state index contributed by atoms with van der Waals surface area (Å²) in [5, 5.41) is 12.8. The first kappa shape index (κ1) is 22.6. The molecule has 0 spiro atoms. The van der Waals surface area contributed by atoms with Gasteiger partial charge in [0.25, 0.3) is 0 Å². The first-order valence-corrected chi connectivity index (χ1v) is 10.1. The smallest absolute Gasteiger partial charge is 0.411 e. The predicted molar refractivity (Wildman–Crippen MR) is 107 cm³/mol. The zero-order chi connectivity index (χ0) is 22.4. The molecule has 1 aromatic carbocycles. The van der Waals surface area contributed by atoms with Crippen LogP contribution in [0.3, 0.4) is 0 Å². The fraction of sp³-hybridized carbons (Fsp3) is 0.412. The van der Waals surface area contributed by atoms with E-state index in [1.807, 2.05) is 5.32 Å². The molecule has 31 heavy (non-hydrogen) atoms. The lowest BCUT2D eigenvalue weighted by molar-refractivity contribution is -0.123. The van der Waals surface area contributed by atoms with Crippen molar-refractivity contribution in [3.63, 3.8) is 0 Å². The summed E-state index contributed by atoms with van der Waals surface area (Å²) in [6.45, 7) is 0.351. The number of amides is 6. The van der Waals surface area contributed by atoms with E-state index >= 15 is 0 Å². The topological polar surface area (TPSA) is 153 Å². The second-order valence-corrected chi connectivity index (χ2v) is 7.71. The van der Waals surface area contributed by atoms with Gasteiger partial charge in [0.15, 0.2) is 6.23 Å². The Kier molecular flexibility index (Phi) is 7.49. The van der Waals surface area contributed by atoms with E-state index in [0.717, 1.165) is 0 Å². The monoisotopic (exact) mass is 455 g/mol. The van der Waals surface area contributed by atoms with Crippen LogP contribution in [0.4, 0.5) is 18.8 Å². The molecule has 3 rings (SSSR count). The summed E-state index contributed by atoms with van der Waals surface area (Å²) in [6, 6.07) is 4.74. The van der Waals surface area contributed by atoms with Crippen molar-refractivity contribution in [2.75, 3.05) is 13.6 Å². The van der Waals surface area contributed by atoms with Crippen LogP contribution in [0.15, 0.2) is 24.3 Å². The molecule has 2 heterocycles. The van der Waals surface area contributed by atoms with Gasteiger partial charge in [-0.1, -0.05) is 12.1 Å². The normalized spacial score (nSPS) is 22.8. The standard InChI is InChI=1S/C17H22FN7O5S/c1-25(17(29)30-13-6-12(26)21-15(28)22-13)8-11-20-16(31-24-11)23-14(27)19-7-9-3-2-4-10(18)5-9/h2-5,11,13,16,20,24H,6-8H2,1H3,(H2,19,23,27)(H2,21,22,26,28). The second-order valence-electron chi connectivity index (χ2n) is 6.77. The molecule has 6 N–H and O–H groups in total. The van der Waals surface area contributed by atoms with Crippen molar-refractivity contribution >= 4 is 36.0 Å². The molecule has 14 heteroatoms. The zero-order valence-electron chi connectivity index (χ0n) is 16.4. The predicted octanol–water partition coefficient (Wildman–Crippen LogP) is -0.300. The third kappa shape index (κ3) is 6.97. The van der Waals surface area contributed by atoms with E-state index in [4.69, 9.17) is 4.74 Å². The number of carbonyl (C=O) groups excluding carboxylic acids is 4. The molecule has 1 aromatic rings. The van der Waals surface area contributed by atoms with Gasteiger partial charge in [-0.3, -0.25) is 15.4 Å².